The monoisotopic (exact) mass is 505 g/mol. The third kappa shape index (κ3) is 4.15. The van der Waals surface area contributed by atoms with Crippen molar-refractivity contribution in [1.82, 2.24) is 9.55 Å². The molecular weight excluding hydrogens is 482 g/mol. The van der Waals surface area contributed by atoms with Gasteiger partial charge in [0.25, 0.3) is 5.56 Å². The molecule has 1 N–H and O–H groups in total. The van der Waals surface area contributed by atoms with Crippen molar-refractivity contribution in [2.45, 2.75) is 30.2 Å². The lowest BCUT2D eigenvalue weighted by Crippen LogP contribution is -2.26. The van der Waals surface area contributed by atoms with Gasteiger partial charge in [0.2, 0.25) is 5.91 Å². The van der Waals surface area contributed by atoms with Gasteiger partial charge >= 0.3 is 5.97 Å². The van der Waals surface area contributed by atoms with Gasteiger partial charge in [-0.3, -0.25) is 14.2 Å². The van der Waals surface area contributed by atoms with Gasteiger partial charge in [-0.1, -0.05) is 48.2 Å². The van der Waals surface area contributed by atoms with Crippen LogP contribution in [-0.4, -0.2) is 33.8 Å². The highest BCUT2D eigenvalue weighted by Gasteiger charge is 2.30. The Morgan fingerprint density at radius 3 is 2.69 bits per heavy atom. The molecule has 1 aliphatic carbocycles. The van der Waals surface area contributed by atoms with Crippen molar-refractivity contribution >= 4 is 50.9 Å². The van der Waals surface area contributed by atoms with Gasteiger partial charge in [-0.05, 0) is 48.6 Å². The summed E-state index contributed by atoms with van der Waals surface area (Å²) >= 11 is 2.59. The summed E-state index contributed by atoms with van der Waals surface area (Å²) in [7, 11) is 2.99. The van der Waals surface area contributed by atoms with E-state index in [2.05, 4.69) is 16.4 Å². The number of carbonyl (C=O) groups is 2. The molecule has 0 radical (unpaired) electrons. The van der Waals surface area contributed by atoms with E-state index in [0.29, 0.717) is 33.0 Å². The first-order chi connectivity index (χ1) is 16.9. The van der Waals surface area contributed by atoms with Crippen molar-refractivity contribution in [3.8, 4) is 10.4 Å². The fourth-order valence-electron chi connectivity index (χ4n) is 4.27. The van der Waals surface area contributed by atoms with Crippen LogP contribution in [0.1, 0.15) is 28.4 Å². The molecule has 2 heterocycles. The summed E-state index contributed by atoms with van der Waals surface area (Å²) in [6.45, 7) is 1.75. The highest BCUT2D eigenvalue weighted by atomic mass is 32.2. The predicted octanol–water partition coefficient (Wildman–Crippen LogP) is 4.67. The molecule has 1 unspecified atom stereocenters. The van der Waals surface area contributed by atoms with Gasteiger partial charge in [0.1, 0.15) is 5.00 Å². The quantitative estimate of drug-likeness (QED) is 0.241. The summed E-state index contributed by atoms with van der Waals surface area (Å²) in [6.07, 6.45) is 1.53. The highest BCUT2D eigenvalue weighted by molar-refractivity contribution is 8.00. The lowest BCUT2D eigenvalue weighted by molar-refractivity contribution is -0.115. The SMILES string of the molecule is COC(=O)c1c(NC(=O)C(C)Sc2nc3ccccc3c(=O)n2C)sc2c1CCc1ccccc1-2. The van der Waals surface area contributed by atoms with Crippen LogP contribution in [0.5, 0.6) is 0 Å². The van der Waals surface area contributed by atoms with Crippen LogP contribution in [0.15, 0.2) is 58.5 Å². The number of nitrogens with zero attached hydrogens (tertiary/aromatic N) is 2. The number of esters is 1. The molecule has 1 aliphatic rings. The van der Waals surface area contributed by atoms with Crippen LogP contribution in [0, 0.1) is 0 Å². The number of hydrogen-bond donors (Lipinski definition) is 1. The minimum atomic E-state index is -0.564. The van der Waals surface area contributed by atoms with E-state index >= 15 is 0 Å². The molecule has 0 saturated heterocycles. The summed E-state index contributed by atoms with van der Waals surface area (Å²) in [4.78, 5) is 44.2. The Labute approximate surface area is 210 Å². The van der Waals surface area contributed by atoms with Crippen molar-refractivity contribution in [3.63, 3.8) is 0 Å². The summed E-state index contributed by atoms with van der Waals surface area (Å²) in [5.74, 6) is -0.745. The molecule has 1 atom stereocenters. The Hall–Kier alpha value is -3.43. The molecular formula is C26H23N3O4S2. The van der Waals surface area contributed by atoms with E-state index in [4.69, 9.17) is 4.74 Å². The van der Waals surface area contributed by atoms with Crippen molar-refractivity contribution in [2.75, 3.05) is 12.4 Å². The molecule has 0 aliphatic heterocycles. The van der Waals surface area contributed by atoms with Gasteiger partial charge < -0.3 is 10.1 Å². The van der Waals surface area contributed by atoms with Crippen molar-refractivity contribution in [3.05, 3.63) is 75.6 Å². The third-order valence-electron chi connectivity index (χ3n) is 6.13. The second-order valence-corrected chi connectivity index (χ2v) is 10.6. The smallest absolute Gasteiger partial charge is 0.341 e. The Morgan fingerprint density at radius 2 is 1.89 bits per heavy atom. The van der Waals surface area contributed by atoms with E-state index in [1.165, 1.54) is 40.3 Å². The maximum atomic E-state index is 13.2. The number of amides is 1. The largest absolute Gasteiger partial charge is 0.465 e. The summed E-state index contributed by atoms with van der Waals surface area (Å²) in [5.41, 5.74) is 4.06. The Kier molecular flexibility index (Phi) is 6.21. The molecule has 0 saturated carbocycles. The number of aryl methyl sites for hydroxylation is 1. The van der Waals surface area contributed by atoms with E-state index in [0.717, 1.165) is 22.4 Å². The number of methoxy groups -OCH3 is 1. The van der Waals surface area contributed by atoms with Crippen molar-refractivity contribution < 1.29 is 14.3 Å². The summed E-state index contributed by atoms with van der Waals surface area (Å²) < 4.78 is 6.52. The maximum Gasteiger partial charge on any atom is 0.341 e. The number of thiophene rings is 1. The standard InChI is InChI=1S/C26H23N3O4S2/c1-14(34-26-27-19-11-7-6-10-17(19)24(31)29(26)2)22(30)28-23-20(25(32)33-3)18-13-12-15-8-4-5-9-16(15)21(18)35-23/h4-11,14H,12-13H2,1-3H3,(H,28,30). The van der Waals surface area contributed by atoms with Crippen LogP contribution in [-0.2, 0) is 29.4 Å². The second-order valence-electron chi connectivity index (χ2n) is 8.29. The lowest BCUT2D eigenvalue weighted by atomic mass is 9.89. The van der Waals surface area contributed by atoms with Gasteiger partial charge in [-0.25, -0.2) is 9.78 Å². The number of para-hydroxylation sites is 1. The number of ether oxygens (including phenoxy) is 1. The van der Waals surface area contributed by atoms with Crippen molar-refractivity contribution in [2.24, 2.45) is 7.05 Å². The fourth-order valence-corrected chi connectivity index (χ4v) is 6.45. The molecule has 5 rings (SSSR count). The highest BCUT2D eigenvalue weighted by Crippen LogP contribution is 2.45. The number of thioether (sulfide) groups is 1. The molecule has 2 aromatic heterocycles. The molecule has 1 amide bonds. The minimum absolute atomic E-state index is 0.164. The van der Waals surface area contributed by atoms with Gasteiger partial charge in [-0.15, -0.1) is 11.3 Å². The molecule has 0 spiro atoms. The van der Waals surface area contributed by atoms with Gasteiger partial charge in [0.15, 0.2) is 5.16 Å². The van der Waals surface area contributed by atoms with Gasteiger partial charge in [0.05, 0.1) is 28.8 Å². The maximum absolute atomic E-state index is 13.2. The number of benzene rings is 2. The van der Waals surface area contributed by atoms with Crippen molar-refractivity contribution in [1.29, 1.82) is 0 Å². The van der Waals surface area contributed by atoms with E-state index in [9.17, 15) is 14.4 Å². The van der Waals surface area contributed by atoms with Crippen LogP contribution < -0.4 is 10.9 Å². The van der Waals surface area contributed by atoms with Crippen LogP contribution in [0.25, 0.3) is 21.3 Å². The number of carbonyl (C=O) groups excluding carboxylic acids is 2. The van der Waals surface area contributed by atoms with Gasteiger partial charge in [-0.2, -0.15) is 0 Å². The number of rotatable bonds is 5. The molecule has 7 nitrogen and oxygen atoms in total. The minimum Gasteiger partial charge on any atom is -0.465 e. The van der Waals surface area contributed by atoms with Crippen LogP contribution in [0.2, 0.25) is 0 Å². The molecule has 0 fully saturated rings. The Bertz CT molecular complexity index is 1540. The number of anilines is 1. The van der Waals surface area contributed by atoms with Gasteiger partial charge in [0, 0.05) is 11.9 Å². The van der Waals surface area contributed by atoms with E-state index in [-0.39, 0.29) is 11.5 Å². The zero-order valence-corrected chi connectivity index (χ0v) is 21.1. The Balaban J connectivity index is 1.45. The second kappa shape index (κ2) is 9.31. The third-order valence-corrected chi connectivity index (χ3v) is 8.46. The van der Waals surface area contributed by atoms with Crippen LogP contribution in [0.3, 0.4) is 0 Å². The summed E-state index contributed by atoms with van der Waals surface area (Å²) in [5, 5.41) is 3.85. The number of fused-ring (bicyclic) bond motifs is 4. The average Bonchev–Trinajstić information content (AvgIpc) is 3.25. The van der Waals surface area contributed by atoms with E-state index in [1.54, 1.807) is 32.2 Å². The first-order valence-corrected chi connectivity index (χ1v) is 12.8. The van der Waals surface area contributed by atoms with E-state index < -0.39 is 11.2 Å². The normalized spacial score (nSPS) is 13.1. The molecule has 178 valence electrons. The zero-order valence-electron chi connectivity index (χ0n) is 19.5. The number of hydrogen-bond acceptors (Lipinski definition) is 7. The molecule has 9 heteroatoms. The number of aromatic nitrogens is 2. The molecule has 2 aromatic carbocycles. The fraction of sp³-hybridized carbons (Fsp3) is 0.231. The topological polar surface area (TPSA) is 90.3 Å². The first-order valence-electron chi connectivity index (χ1n) is 11.1. The number of nitrogens with one attached hydrogen (secondary N) is 1. The molecule has 4 aromatic rings. The molecule has 0 bridgehead atoms. The average molecular weight is 506 g/mol. The lowest BCUT2D eigenvalue weighted by Gasteiger charge is -2.16. The first kappa shape index (κ1) is 23.3. The Morgan fingerprint density at radius 1 is 1.14 bits per heavy atom. The molecule has 35 heavy (non-hydrogen) atoms. The van der Waals surface area contributed by atoms with Crippen LogP contribution in [0.4, 0.5) is 5.00 Å². The zero-order chi connectivity index (χ0) is 24.7. The van der Waals surface area contributed by atoms with E-state index in [1.807, 2.05) is 24.3 Å². The van der Waals surface area contributed by atoms with Crippen LogP contribution >= 0.6 is 23.1 Å². The summed E-state index contributed by atoms with van der Waals surface area (Å²) in [6, 6.07) is 15.3. The predicted molar refractivity (Wildman–Crippen MR) is 139 cm³/mol.